The summed E-state index contributed by atoms with van der Waals surface area (Å²) in [6, 6.07) is 6.73. The van der Waals surface area contributed by atoms with E-state index >= 15 is 0 Å². The molecule has 0 N–H and O–H groups in total. The molecule has 1 aromatic carbocycles. The highest BCUT2D eigenvalue weighted by atomic mass is 19.4. The summed E-state index contributed by atoms with van der Waals surface area (Å²) in [5, 5.41) is 10.6. The molecule has 1 aromatic heterocycles. The zero-order chi connectivity index (χ0) is 15.6. The Bertz CT molecular complexity index is 687. The maximum Gasteiger partial charge on any atom is 0.573 e. The molecule has 2 aromatic rings. The van der Waals surface area contributed by atoms with Crippen molar-refractivity contribution in [2.45, 2.75) is 13.3 Å². The van der Waals surface area contributed by atoms with Crippen LogP contribution in [0.4, 0.5) is 18.9 Å². The summed E-state index contributed by atoms with van der Waals surface area (Å²) in [5.41, 5.74) is 0.454. The van der Waals surface area contributed by atoms with Crippen LogP contribution in [-0.4, -0.2) is 16.3 Å². The summed E-state index contributed by atoms with van der Waals surface area (Å²) in [6.07, 6.45) is -3.84. The van der Waals surface area contributed by atoms with Crippen molar-refractivity contribution in [1.29, 1.82) is 0 Å². The minimum Gasteiger partial charge on any atom is -0.405 e. The summed E-state index contributed by atoms with van der Waals surface area (Å²) in [4.78, 5) is 13.9. The van der Waals surface area contributed by atoms with Gasteiger partial charge in [0.2, 0.25) is 0 Å². The van der Waals surface area contributed by atoms with Crippen molar-refractivity contribution in [1.82, 2.24) is 4.98 Å². The number of hydrogen-bond acceptors (Lipinski definition) is 4. The molecule has 0 aliphatic rings. The smallest absolute Gasteiger partial charge is 0.405 e. The van der Waals surface area contributed by atoms with E-state index in [0.29, 0.717) is 5.56 Å². The van der Waals surface area contributed by atoms with Gasteiger partial charge < -0.3 is 4.74 Å². The summed E-state index contributed by atoms with van der Waals surface area (Å²) in [5.74, 6) is -0.408. The van der Waals surface area contributed by atoms with Crippen LogP contribution < -0.4 is 4.74 Å². The van der Waals surface area contributed by atoms with Gasteiger partial charge in [-0.05, 0) is 24.6 Å². The zero-order valence-electron chi connectivity index (χ0n) is 10.7. The Kier molecular flexibility index (Phi) is 3.79. The molecule has 0 atom stereocenters. The van der Waals surface area contributed by atoms with E-state index in [0.717, 1.165) is 12.3 Å². The highest BCUT2D eigenvalue weighted by Crippen LogP contribution is 2.34. The molecule has 8 heteroatoms. The van der Waals surface area contributed by atoms with Crippen molar-refractivity contribution in [3.8, 4) is 17.0 Å². The topological polar surface area (TPSA) is 65.3 Å². The Morgan fingerprint density at radius 2 is 1.95 bits per heavy atom. The van der Waals surface area contributed by atoms with E-state index in [-0.39, 0.29) is 16.9 Å². The van der Waals surface area contributed by atoms with Crippen LogP contribution in [0.25, 0.3) is 11.3 Å². The van der Waals surface area contributed by atoms with Gasteiger partial charge in [0.1, 0.15) is 11.9 Å². The van der Waals surface area contributed by atoms with Crippen LogP contribution >= 0.6 is 0 Å². The minimum atomic E-state index is -4.83. The van der Waals surface area contributed by atoms with Crippen molar-refractivity contribution >= 4 is 5.69 Å². The first kappa shape index (κ1) is 14.8. The van der Waals surface area contributed by atoms with Crippen LogP contribution in [0.2, 0.25) is 0 Å². The van der Waals surface area contributed by atoms with Crippen molar-refractivity contribution in [2.75, 3.05) is 0 Å². The molecule has 0 unspecified atom stereocenters. The Hall–Kier alpha value is -2.64. The molecule has 1 heterocycles. The molecule has 0 amide bonds. The van der Waals surface area contributed by atoms with E-state index in [2.05, 4.69) is 9.72 Å². The molecular weight excluding hydrogens is 289 g/mol. The van der Waals surface area contributed by atoms with Gasteiger partial charge in [0.15, 0.2) is 0 Å². The van der Waals surface area contributed by atoms with Crippen molar-refractivity contribution in [3.63, 3.8) is 0 Å². The lowest BCUT2D eigenvalue weighted by Gasteiger charge is -2.13. The molecule has 0 aliphatic carbocycles. The molecule has 0 aliphatic heterocycles. The van der Waals surface area contributed by atoms with Gasteiger partial charge in [-0.25, -0.2) is 4.98 Å². The standard InChI is InChI=1S/C13H9F3N2O3/c1-8-6-9(18(19)20)7-17-12(8)10-4-2-3-5-11(10)21-13(14,15)16/h2-7H,1H3. The lowest BCUT2D eigenvalue weighted by molar-refractivity contribution is -0.385. The van der Waals surface area contributed by atoms with Crippen LogP contribution in [0.3, 0.4) is 0 Å². The second kappa shape index (κ2) is 5.39. The number of aryl methyl sites for hydroxylation is 1. The average molecular weight is 298 g/mol. The number of aromatic nitrogens is 1. The summed E-state index contributed by atoms with van der Waals surface area (Å²) in [7, 11) is 0. The molecule has 110 valence electrons. The first-order valence-corrected chi connectivity index (χ1v) is 5.74. The second-order valence-corrected chi connectivity index (χ2v) is 4.16. The summed E-state index contributed by atoms with van der Waals surface area (Å²) in [6.45, 7) is 1.53. The van der Waals surface area contributed by atoms with Gasteiger partial charge in [0.25, 0.3) is 5.69 Å². The number of nitrogens with zero attached hydrogens (tertiary/aromatic N) is 2. The molecule has 0 spiro atoms. The molecule has 0 saturated carbocycles. The highest BCUT2D eigenvalue weighted by Gasteiger charge is 2.32. The van der Waals surface area contributed by atoms with E-state index in [9.17, 15) is 23.3 Å². The average Bonchev–Trinajstić information content (AvgIpc) is 2.37. The number of pyridine rings is 1. The first-order chi connectivity index (χ1) is 9.78. The van der Waals surface area contributed by atoms with Crippen LogP contribution in [0.15, 0.2) is 36.5 Å². The lowest BCUT2D eigenvalue weighted by atomic mass is 10.1. The number of hydrogen-bond donors (Lipinski definition) is 0. The lowest BCUT2D eigenvalue weighted by Crippen LogP contribution is -2.17. The molecule has 0 bridgehead atoms. The van der Waals surface area contributed by atoms with E-state index in [4.69, 9.17) is 0 Å². The number of alkyl halides is 3. The normalized spacial score (nSPS) is 11.2. The monoisotopic (exact) mass is 298 g/mol. The van der Waals surface area contributed by atoms with E-state index in [1.807, 2.05) is 0 Å². The molecule has 0 radical (unpaired) electrons. The number of halogens is 3. The van der Waals surface area contributed by atoms with Gasteiger partial charge in [-0.3, -0.25) is 10.1 Å². The summed E-state index contributed by atoms with van der Waals surface area (Å²) < 4.78 is 41.1. The van der Waals surface area contributed by atoms with Crippen molar-refractivity contribution in [2.24, 2.45) is 0 Å². The third-order valence-corrected chi connectivity index (χ3v) is 2.64. The van der Waals surface area contributed by atoms with Gasteiger partial charge in [0, 0.05) is 11.6 Å². The number of para-hydroxylation sites is 1. The predicted octanol–water partition coefficient (Wildman–Crippen LogP) is 3.86. The molecule has 0 fully saturated rings. The third-order valence-electron chi connectivity index (χ3n) is 2.64. The maximum absolute atomic E-state index is 12.4. The third kappa shape index (κ3) is 3.47. The molecule has 2 rings (SSSR count). The highest BCUT2D eigenvalue weighted by molar-refractivity contribution is 5.70. The number of benzene rings is 1. The van der Waals surface area contributed by atoms with Crippen LogP contribution in [0, 0.1) is 17.0 Å². The van der Waals surface area contributed by atoms with Crippen LogP contribution in [0.5, 0.6) is 5.75 Å². The summed E-state index contributed by atoms with van der Waals surface area (Å²) >= 11 is 0. The molecular formula is C13H9F3N2O3. The Morgan fingerprint density at radius 1 is 1.29 bits per heavy atom. The van der Waals surface area contributed by atoms with E-state index in [1.54, 1.807) is 0 Å². The fraction of sp³-hybridized carbons (Fsp3) is 0.154. The fourth-order valence-corrected chi connectivity index (χ4v) is 1.82. The largest absolute Gasteiger partial charge is 0.573 e. The Balaban J connectivity index is 2.50. The van der Waals surface area contributed by atoms with Crippen LogP contribution in [0.1, 0.15) is 5.56 Å². The Morgan fingerprint density at radius 3 is 2.52 bits per heavy atom. The van der Waals surface area contributed by atoms with Crippen molar-refractivity contribution in [3.05, 3.63) is 52.2 Å². The van der Waals surface area contributed by atoms with Gasteiger partial charge in [-0.1, -0.05) is 12.1 Å². The quantitative estimate of drug-likeness (QED) is 0.637. The maximum atomic E-state index is 12.4. The van der Waals surface area contributed by atoms with Gasteiger partial charge in [-0.15, -0.1) is 13.2 Å². The zero-order valence-corrected chi connectivity index (χ0v) is 10.7. The Labute approximate surface area is 117 Å². The SMILES string of the molecule is Cc1cc([N+](=O)[O-])cnc1-c1ccccc1OC(F)(F)F. The molecule has 0 saturated heterocycles. The van der Waals surface area contributed by atoms with Crippen molar-refractivity contribution < 1.29 is 22.8 Å². The minimum absolute atomic E-state index is 0.113. The van der Waals surface area contributed by atoms with Crippen LogP contribution in [-0.2, 0) is 0 Å². The first-order valence-electron chi connectivity index (χ1n) is 5.74. The van der Waals surface area contributed by atoms with E-state index < -0.39 is 17.0 Å². The fourth-order valence-electron chi connectivity index (χ4n) is 1.82. The number of rotatable bonds is 3. The second-order valence-electron chi connectivity index (χ2n) is 4.16. The van der Waals surface area contributed by atoms with E-state index in [1.165, 1.54) is 31.2 Å². The van der Waals surface area contributed by atoms with Gasteiger partial charge in [0.05, 0.1) is 10.6 Å². The van der Waals surface area contributed by atoms with Gasteiger partial charge >= 0.3 is 6.36 Å². The van der Waals surface area contributed by atoms with Gasteiger partial charge in [-0.2, -0.15) is 0 Å². The number of ether oxygens (including phenoxy) is 1. The molecule has 5 nitrogen and oxygen atoms in total. The predicted molar refractivity (Wildman–Crippen MR) is 67.7 cm³/mol. The molecule has 21 heavy (non-hydrogen) atoms. The number of nitro groups is 1.